The third kappa shape index (κ3) is 20.7. The summed E-state index contributed by atoms with van der Waals surface area (Å²) >= 11 is 0. The topological polar surface area (TPSA) is 95.4 Å². The number of rotatable bonds is 16. The number of ether oxygens (including phenoxy) is 1. The van der Waals surface area contributed by atoms with Crippen LogP contribution in [0.4, 0.5) is 5.69 Å². The van der Waals surface area contributed by atoms with E-state index >= 15 is 0 Å². The minimum atomic E-state index is -3.58. The smallest absolute Gasteiger partial charge is 0.238 e. The highest BCUT2D eigenvalue weighted by atomic mass is 127. The van der Waals surface area contributed by atoms with Gasteiger partial charge in [-0.05, 0) is 49.2 Å². The van der Waals surface area contributed by atoms with Gasteiger partial charge in [-0.15, -0.1) is 24.0 Å². The van der Waals surface area contributed by atoms with E-state index in [-0.39, 0.29) is 45.9 Å². The maximum Gasteiger partial charge on any atom is 0.238 e. The maximum absolute atomic E-state index is 10.7. The first-order chi connectivity index (χ1) is 16.6. The predicted octanol–water partition coefficient (Wildman–Crippen LogP) is 3.60. The van der Waals surface area contributed by atoms with Gasteiger partial charge in [-0.2, -0.15) is 0 Å². The maximum atomic E-state index is 10.7. The Morgan fingerprint density at radius 3 is 1.73 bits per heavy atom. The summed E-state index contributed by atoms with van der Waals surface area (Å²) in [5.41, 5.74) is 5.85. The average Bonchev–Trinajstić information content (AvgIpc) is 2.81. The molecule has 9 heteroatoms. The van der Waals surface area contributed by atoms with E-state index in [4.69, 9.17) is 15.6 Å². The van der Waals surface area contributed by atoms with E-state index in [1.807, 2.05) is 30.3 Å². The number of para-hydroxylation sites is 1. The SMILES string of the molecule is CCCCCCCCCCCC[N+](C)(C)CCOc1ccccc1.I.Nc1ccc(S(N)(=O)=O)cc1.[Br-]. The molecule has 0 saturated heterocycles. The van der Waals surface area contributed by atoms with Gasteiger partial charge in [0.2, 0.25) is 10.0 Å². The second-order valence-electron chi connectivity index (χ2n) is 9.84. The minimum Gasteiger partial charge on any atom is -1.00 e. The number of benzene rings is 2. The molecule has 0 saturated carbocycles. The van der Waals surface area contributed by atoms with E-state index in [1.54, 1.807) is 0 Å². The van der Waals surface area contributed by atoms with Crippen molar-refractivity contribution < 1.29 is 34.6 Å². The van der Waals surface area contributed by atoms with Gasteiger partial charge >= 0.3 is 0 Å². The van der Waals surface area contributed by atoms with Crippen LogP contribution in [0, 0.1) is 0 Å². The molecular weight excluding hydrogens is 665 g/mol. The Bertz CT molecular complexity index is 899. The molecule has 0 aliphatic heterocycles. The molecular formula is C28H49BrIN3O3S. The fraction of sp³-hybridized carbons (Fsp3) is 0.571. The van der Waals surface area contributed by atoms with Gasteiger partial charge in [0.15, 0.2) is 0 Å². The molecule has 2 aromatic rings. The number of nitrogens with two attached hydrogens (primary N) is 2. The molecule has 0 unspecified atom stereocenters. The predicted molar refractivity (Wildman–Crippen MR) is 163 cm³/mol. The molecule has 37 heavy (non-hydrogen) atoms. The van der Waals surface area contributed by atoms with E-state index in [9.17, 15) is 8.42 Å². The first-order valence-electron chi connectivity index (χ1n) is 13.0. The van der Waals surface area contributed by atoms with Crippen molar-refractivity contribution in [2.75, 3.05) is 39.5 Å². The lowest BCUT2D eigenvalue weighted by Crippen LogP contribution is -3.00. The molecule has 4 N–H and O–H groups in total. The second-order valence-corrected chi connectivity index (χ2v) is 11.4. The van der Waals surface area contributed by atoms with Crippen LogP contribution in [0.15, 0.2) is 59.5 Å². The molecule has 0 radical (unpaired) electrons. The molecule has 0 fully saturated rings. The molecule has 0 aromatic heterocycles. The Kier molecular flexibility index (Phi) is 22.7. The fourth-order valence-corrected chi connectivity index (χ4v) is 4.24. The Morgan fingerprint density at radius 1 is 0.757 bits per heavy atom. The van der Waals surface area contributed by atoms with Crippen LogP contribution in [0.5, 0.6) is 5.75 Å². The lowest BCUT2D eigenvalue weighted by Gasteiger charge is -2.29. The molecule has 2 rings (SSSR count). The second kappa shape index (κ2) is 22.0. The molecule has 0 aliphatic rings. The highest BCUT2D eigenvalue weighted by Crippen LogP contribution is 2.13. The number of unbranched alkanes of at least 4 members (excludes halogenated alkanes) is 9. The van der Waals surface area contributed by atoms with E-state index in [0.717, 1.165) is 23.4 Å². The quantitative estimate of drug-likeness (QED) is 0.120. The van der Waals surface area contributed by atoms with Crippen LogP contribution >= 0.6 is 24.0 Å². The number of nitrogen functional groups attached to an aromatic ring is 1. The summed E-state index contributed by atoms with van der Waals surface area (Å²) in [6.45, 7) is 5.42. The van der Waals surface area contributed by atoms with Gasteiger partial charge < -0.3 is 31.9 Å². The molecule has 0 heterocycles. The van der Waals surface area contributed by atoms with Crippen molar-refractivity contribution in [1.29, 1.82) is 0 Å². The Balaban J connectivity index is 0. The number of primary sulfonamides is 1. The third-order valence-corrected chi connectivity index (χ3v) is 6.96. The average molecular weight is 715 g/mol. The first kappa shape index (κ1) is 38.3. The Labute approximate surface area is 254 Å². The molecule has 0 aliphatic carbocycles. The molecule has 0 bridgehead atoms. The molecule has 6 nitrogen and oxygen atoms in total. The van der Waals surface area contributed by atoms with E-state index in [0.29, 0.717) is 5.69 Å². The van der Waals surface area contributed by atoms with Crippen molar-refractivity contribution in [1.82, 2.24) is 0 Å². The van der Waals surface area contributed by atoms with Crippen LogP contribution in [0.1, 0.15) is 71.1 Å². The normalized spacial score (nSPS) is 10.9. The van der Waals surface area contributed by atoms with E-state index in [2.05, 4.69) is 21.0 Å². The summed E-state index contributed by atoms with van der Waals surface area (Å²) in [5, 5.41) is 4.84. The number of sulfonamides is 1. The lowest BCUT2D eigenvalue weighted by atomic mass is 10.1. The van der Waals surface area contributed by atoms with Crippen molar-refractivity contribution in [3.63, 3.8) is 0 Å². The molecule has 0 atom stereocenters. The van der Waals surface area contributed by atoms with Crippen LogP contribution in [0.3, 0.4) is 0 Å². The molecule has 2 aromatic carbocycles. The van der Waals surface area contributed by atoms with Gasteiger partial charge in [-0.3, -0.25) is 0 Å². The van der Waals surface area contributed by atoms with Crippen molar-refractivity contribution in [3.8, 4) is 5.75 Å². The van der Waals surface area contributed by atoms with E-state index < -0.39 is 10.0 Å². The van der Waals surface area contributed by atoms with Crippen molar-refractivity contribution in [2.24, 2.45) is 5.14 Å². The summed E-state index contributed by atoms with van der Waals surface area (Å²) in [4.78, 5) is 0.0756. The number of halogens is 2. The zero-order valence-corrected chi connectivity index (χ0v) is 27.6. The highest BCUT2D eigenvalue weighted by molar-refractivity contribution is 14.0. The Hall–Kier alpha value is -0.880. The zero-order valence-electron chi connectivity index (χ0n) is 22.9. The Morgan fingerprint density at radius 2 is 1.24 bits per heavy atom. The monoisotopic (exact) mass is 713 g/mol. The number of likely N-dealkylation sites (N-methyl/N-ethyl adjacent to an activating group) is 1. The van der Waals surface area contributed by atoms with Gasteiger partial charge in [0.25, 0.3) is 0 Å². The zero-order chi connectivity index (χ0) is 26.0. The van der Waals surface area contributed by atoms with Gasteiger partial charge in [0.05, 0.1) is 25.5 Å². The largest absolute Gasteiger partial charge is 1.00 e. The first-order valence-corrected chi connectivity index (χ1v) is 14.6. The van der Waals surface area contributed by atoms with Crippen LogP contribution in [0.25, 0.3) is 0 Å². The molecule has 214 valence electrons. The van der Waals surface area contributed by atoms with Crippen LogP contribution in [0.2, 0.25) is 0 Å². The fourth-order valence-electron chi connectivity index (χ4n) is 3.72. The van der Waals surface area contributed by atoms with Crippen molar-refractivity contribution in [3.05, 3.63) is 54.6 Å². The number of nitrogens with zero attached hydrogens (tertiary/aromatic N) is 1. The van der Waals surface area contributed by atoms with Crippen LogP contribution in [-0.2, 0) is 10.0 Å². The van der Waals surface area contributed by atoms with Gasteiger partial charge in [-0.25, -0.2) is 13.6 Å². The molecule has 0 spiro atoms. The van der Waals surface area contributed by atoms with Crippen LogP contribution in [-0.4, -0.2) is 46.7 Å². The standard InChI is InChI=1S/C22H40NO.C6H8N2O2S.BrH.HI/c1-4-5-6-7-8-9-10-11-12-16-19-23(2,3)20-21-24-22-17-14-13-15-18-22;7-5-1-3-6(4-2-5)11(8,9)10;;/h13-15,17-18H,4-12,16,19-21H2,1-3H3;1-4H,7H2,(H2,8,9,10);2*1H/q+1;;;/p-1. The van der Waals surface area contributed by atoms with Crippen molar-refractivity contribution >= 4 is 39.7 Å². The van der Waals surface area contributed by atoms with Crippen molar-refractivity contribution in [2.45, 2.75) is 76.0 Å². The van der Waals surface area contributed by atoms with E-state index in [1.165, 1.54) is 95.0 Å². The van der Waals surface area contributed by atoms with Gasteiger partial charge in [0.1, 0.15) is 18.9 Å². The van der Waals surface area contributed by atoms with Crippen LogP contribution < -0.4 is 32.6 Å². The number of hydrogen-bond donors (Lipinski definition) is 2. The summed E-state index contributed by atoms with van der Waals surface area (Å²) < 4.78 is 28.2. The van der Waals surface area contributed by atoms with Gasteiger partial charge in [-0.1, -0.05) is 76.5 Å². The summed E-state index contributed by atoms with van der Waals surface area (Å²) in [5.74, 6) is 0.983. The number of hydrogen-bond acceptors (Lipinski definition) is 4. The third-order valence-electron chi connectivity index (χ3n) is 6.03. The lowest BCUT2D eigenvalue weighted by molar-refractivity contribution is -0.890. The number of anilines is 1. The minimum absolute atomic E-state index is 0. The van der Waals surface area contributed by atoms with Gasteiger partial charge in [0, 0.05) is 5.69 Å². The summed E-state index contributed by atoms with van der Waals surface area (Å²) in [6, 6.07) is 15.8. The summed E-state index contributed by atoms with van der Waals surface area (Å²) in [6.07, 6.45) is 14.1. The summed E-state index contributed by atoms with van der Waals surface area (Å²) in [7, 11) is 1.07. The molecule has 0 amide bonds. The number of quaternary nitrogens is 1. The highest BCUT2D eigenvalue weighted by Gasteiger charge is 2.14.